The van der Waals surface area contributed by atoms with Crippen LogP contribution < -0.4 is 34.5 Å². The fourth-order valence-corrected chi connectivity index (χ4v) is 8.76. The Bertz CT molecular complexity index is 529. The molecule has 0 N–H and O–H groups in total. The van der Waals surface area contributed by atoms with E-state index in [2.05, 4.69) is 91.0 Å². The van der Waals surface area contributed by atoms with Gasteiger partial charge in [-0.1, -0.05) is 0 Å². The van der Waals surface area contributed by atoms with E-state index in [-0.39, 0.29) is 24.0 Å². The Labute approximate surface area is 144 Å². The first kappa shape index (κ1) is 15.6. The number of halogens is 1. The van der Waals surface area contributed by atoms with Crippen LogP contribution in [-0.4, -0.2) is 20.2 Å². The summed E-state index contributed by atoms with van der Waals surface area (Å²) in [4.78, 5) is 0. The summed E-state index contributed by atoms with van der Waals surface area (Å²) >= 11 is -1.83. The average molecular weight is 480 g/mol. The van der Waals surface area contributed by atoms with Gasteiger partial charge in [0, 0.05) is 0 Å². The Morgan fingerprint density at radius 2 is 0.650 bits per heavy atom. The minimum absolute atomic E-state index is 0. The topological polar surface area (TPSA) is 0 Å². The molecule has 99 valence electrons. The minimum atomic E-state index is -1.83. The summed E-state index contributed by atoms with van der Waals surface area (Å²) < 4.78 is 4.55. The monoisotopic (exact) mass is 479 g/mol. The number of hydrogen-bond acceptors (Lipinski definition) is 0. The van der Waals surface area contributed by atoms with Gasteiger partial charge in [-0.3, -0.25) is 0 Å². The van der Waals surface area contributed by atoms with Crippen LogP contribution >= 0.6 is 0 Å². The third kappa shape index (κ3) is 3.65. The maximum atomic E-state index is 2.28. The molecule has 20 heavy (non-hydrogen) atoms. The summed E-state index contributed by atoms with van der Waals surface area (Å²) in [6, 6.07) is 32.9. The van der Waals surface area contributed by atoms with Crippen molar-refractivity contribution in [1.82, 2.24) is 0 Å². The molecule has 3 aromatic carbocycles. The van der Waals surface area contributed by atoms with Crippen molar-refractivity contribution >= 4 is 30.7 Å². The van der Waals surface area contributed by atoms with Crippen molar-refractivity contribution in [2.24, 2.45) is 0 Å². The second-order valence-corrected chi connectivity index (χ2v) is 10.7. The third-order valence-corrected chi connectivity index (χ3v) is 10.0. The molecule has 0 atom stereocenters. The van der Waals surface area contributed by atoms with Gasteiger partial charge in [0.1, 0.15) is 0 Å². The van der Waals surface area contributed by atoms with E-state index in [0.29, 0.717) is 0 Å². The van der Waals surface area contributed by atoms with E-state index in [4.69, 9.17) is 0 Å². The molecule has 0 unspecified atom stereocenters. The summed E-state index contributed by atoms with van der Waals surface area (Å²) in [5.41, 5.74) is 0. The van der Waals surface area contributed by atoms with Crippen LogP contribution in [0.3, 0.4) is 0 Å². The van der Waals surface area contributed by atoms with E-state index in [9.17, 15) is 0 Å². The standard InChI is InChI=1S/3C6H5.HI.Sb/c3*1-2-4-6-5-3-1;;/h3*1-5H;1H;/q;;;;+1/p-1. The van der Waals surface area contributed by atoms with Crippen LogP contribution in [0, 0.1) is 0 Å². The van der Waals surface area contributed by atoms with E-state index < -0.39 is 20.2 Å². The second-order valence-electron chi connectivity index (χ2n) is 4.34. The molecule has 3 rings (SSSR count). The Morgan fingerprint density at radius 1 is 0.400 bits per heavy atom. The van der Waals surface area contributed by atoms with Crippen LogP contribution in [0.15, 0.2) is 91.0 Å². The van der Waals surface area contributed by atoms with Crippen molar-refractivity contribution < 1.29 is 24.0 Å². The Hall–Kier alpha value is -0.792. The molecular weight excluding hydrogens is 465 g/mol. The van der Waals surface area contributed by atoms with E-state index in [1.807, 2.05) is 0 Å². The molecule has 0 bridgehead atoms. The molecule has 0 saturated carbocycles. The molecule has 0 heterocycles. The summed E-state index contributed by atoms with van der Waals surface area (Å²) in [5.74, 6) is 0. The molecule has 0 amide bonds. The normalized spacial score (nSPS) is 10.1. The first-order valence-corrected chi connectivity index (χ1v) is 10.2. The van der Waals surface area contributed by atoms with E-state index in [0.717, 1.165) is 0 Å². The van der Waals surface area contributed by atoms with Crippen molar-refractivity contribution in [3.05, 3.63) is 91.0 Å². The van der Waals surface area contributed by atoms with Crippen molar-refractivity contribution in [3.63, 3.8) is 0 Å². The van der Waals surface area contributed by atoms with Gasteiger partial charge in [-0.2, -0.15) is 0 Å². The van der Waals surface area contributed by atoms with Crippen LogP contribution in [0.25, 0.3) is 0 Å². The van der Waals surface area contributed by atoms with E-state index in [1.54, 1.807) is 0 Å². The SMILES string of the molecule is [I-].c1cc[c]([Sb+]([c]2ccccc2)[c]2ccccc2)cc1. The molecule has 1 radical (unpaired) electrons. The Balaban J connectivity index is 0.00000147. The van der Waals surface area contributed by atoms with Gasteiger partial charge in [0.25, 0.3) is 0 Å². The first-order chi connectivity index (χ1) is 9.45. The zero-order valence-corrected chi connectivity index (χ0v) is 15.7. The van der Waals surface area contributed by atoms with E-state index in [1.165, 1.54) is 10.5 Å². The summed E-state index contributed by atoms with van der Waals surface area (Å²) in [5, 5.41) is 0. The number of rotatable bonds is 3. The molecule has 0 fully saturated rings. The quantitative estimate of drug-likeness (QED) is 0.341. The molecule has 0 aliphatic rings. The van der Waals surface area contributed by atoms with Crippen LogP contribution in [0.2, 0.25) is 0 Å². The predicted octanol–water partition coefficient (Wildman–Crippen LogP) is -0.793. The molecular formula is C18H15ISb. The first-order valence-electron chi connectivity index (χ1n) is 6.40. The van der Waals surface area contributed by atoms with Crippen molar-refractivity contribution in [1.29, 1.82) is 0 Å². The number of hydrogen-bond donors (Lipinski definition) is 0. The van der Waals surface area contributed by atoms with Crippen molar-refractivity contribution in [2.45, 2.75) is 0 Å². The molecule has 0 aromatic heterocycles. The molecule has 0 aliphatic heterocycles. The number of benzene rings is 3. The summed E-state index contributed by atoms with van der Waals surface area (Å²) in [7, 11) is 0. The molecule has 0 spiro atoms. The molecule has 0 aliphatic carbocycles. The molecule has 2 heteroatoms. The fraction of sp³-hybridized carbons (Fsp3) is 0. The Kier molecular flexibility index (Phi) is 6.12. The van der Waals surface area contributed by atoms with Crippen LogP contribution in [0.5, 0.6) is 0 Å². The van der Waals surface area contributed by atoms with Crippen LogP contribution in [-0.2, 0) is 0 Å². The maximum absolute atomic E-state index is 2.28. The van der Waals surface area contributed by atoms with Crippen LogP contribution in [0.1, 0.15) is 0 Å². The van der Waals surface area contributed by atoms with Gasteiger partial charge in [-0.25, -0.2) is 0 Å². The summed E-state index contributed by atoms with van der Waals surface area (Å²) in [6.07, 6.45) is 0. The zero-order valence-electron chi connectivity index (χ0n) is 11.0. The zero-order chi connectivity index (χ0) is 12.9. The Morgan fingerprint density at radius 3 is 0.900 bits per heavy atom. The van der Waals surface area contributed by atoms with Gasteiger partial charge >= 0.3 is 122 Å². The van der Waals surface area contributed by atoms with Crippen molar-refractivity contribution in [3.8, 4) is 0 Å². The molecule has 3 aromatic rings. The van der Waals surface area contributed by atoms with E-state index >= 15 is 0 Å². The van der Waals surface area contributed by atoms with Crippen LogP contribution in [0.4, 0.5) is 0 Å². The van der Waals surface area contributed by atoms with Gasteiger partial charge in [-0.15, -0.1) is 0 Å². The van der Waals surface area contributed by atoms with Gasteiger partial charge in [0.15, 0.2) is 0 Å². The third-order valence-electron chi connectivity index (χ3n) is 3.04. The molecule has 0 nitrogen and oxygen atoms in total. The van der Waals surface area contributed by atoms with Gasteiger partial charge < -0.3 is 24.0 Å². The van der Waals surface area contributed by atoms with Gasteiger partial charge in [0.05, 0.1) is 0 Å². The van der Waals surface area contributed by atoms with Gasteiger partial charge in [-0.05, 0) is 0 Å². The fourth-order valence-electron chi connectivity index (χ4n) is 2.18. The van der Waals surface area contributed by atoms with Gasteiger partial charge in [0.2, 0.25) is 0 Å². The van der Waals surface area contributed by atoms with Crippen molar-refractivity contribution in [2.75, 3.05) is 0 Å². The predicted molar refractivity (Wildman–Crippen MR) is 84.0 cm³/mol. The molecule has 0 saturated heterocycles. The summed E-state index contributed by atoms with van der Waals surface area (Å²) in [6.45, 7) is 0. The average Bonchev–Trinajstić information content (AvgIpc) is 2.51. The second kappa shape index (κ2) is 7.85.